The van der Waals surface area contributed by atoms with E-state index in [9.17, 15) is 9.59 Å². The molecule has 2 aliphatic heterocycles. The second kappa shape index (κ2) is 9.78. The van der Waals surface area contributed by atoms with E-state index in [0.717, 1.165) is 44.3 Å². The summed E-state index contributed by atoms with van der Waals surface area (Å²) < 4.78 is 0. The monoisotopic (exact) mass is 365 g/mol. The number of rotatable bonds is 4. The lowest BCUT2D eigenvalue weighted by Crippen LogP contribution is -2.47. The van der Waals surface area contributed by atoms with Crippen molar-refractivity contribution in [2.24, 2.45) is 11.8 Å². The molecule has 2 N–H and O–H groups in total. The van der Waals surface area contributed by atoms with Gasteiger partial charge in [-0.05, 0) is 37.8 Å². The first kappa shape index (κ1) is 19.7. The fourth-order valence-electron chi connectivity index (χ4n) is 3.61. The highest BCUT2D eigenvalue weighted by atomic mass is 35.5. The third kappa shape index (κ3) is 5.44. The summed E-state index contributed by atoms with van der Waals surface area (Å²) in [5, 5.41) is 6.33. The summed E-state index contributed by atoms with van der Waals surface area (Å²) in [7, 11) is 0. The SMILES string of the molecule is Cl.O=C(NCc1ccccc1)C1CCN(C(=O)C2CCCNC2)CC1. The predicted octanol–water partition coefficient (Wildman–Crippen LogP) is 1.96. The minimum Gasteiger partial charge on any atom is -0.352 e. The Balaban J connectivity index is 0.00000225. The molecule has 1 unspecified atom stereocenters. The summed E-state index contributed by atoms with van der Waals surface area (Å²) in [6.45, 7) is 3.81. The smallest absolute Gasteiger partial charge is 0.226 e. The normalized spacial score (nSPS) is 21.3. The number of piperidine rings is 2. The topological polar surface area (TPSA) is 61.4 Å². The van der Waals surface area contributed by atoms with Gasteiger partial charge in [-0.1, -0.05) is 30.3 Å². The van der Waals surface area contributed by atoms with Crippen LogP contribution in [-0.4, -0.2) is 42.9 Å². The summed E-state index contributed by atoms with van der Waals surface area (Å²) >= 11 is 0. The lowest BCUT2D eigenvalue weighted by molar-refractivity contribution is -0.139. The van der Waals surface area contributed by atoms with Crippen LogP contribution >= 0.6 is 12.4 Å². The zero-order chi connectivity index (χ0) is 16.8. The number of likely N-dealkylation sites (tertiary alicyclic amines) is 1. The first-order chi connectivity index (χ1) is 11.7. The lowest BCUT2D eigenvalue weighted by Gasteiger charge is -2.34. The third-order valence-corrected chi connectivity index (χ3v) is 5.13. The lowest BCUT2D eigenvalue weighted by atomic mass is 9.93. The van der Waals surface area contributed by atoms with Crippen LogP contribution in [0.25, 0.3) is 0 Å². The Labute approximate surface area is 155 Å². The minimum absolute atomic E-state index is 0. The number of halogens is 1. The number of nitrogens with one attached hydrogen (secondary N) is 2. The van der Waals surface area contributed by atoms with Crippen molar-refractivity contribution in [2.45, 2.75) is 32.2 Å². The van der Waals surface area contributed by atoms with Crippen molar-refractivity contribution in [1.82, 2.24) is 15.5 Å². The van der Waals surface area contributed by atoms with Gasteiger partial charge in [-0.25, -0.2) is 0 Å². The zero-order valence-electron chi connectivity index (χ0n) is 14.6. The maximum Gasteiger partial charge on any atom is 0.226 e. The summed E-state index contributed by atoms with van der Waals surface area (Å²) in [5.41, 5.74) is 1.11. The van der Waals surface area contributed by atoms with Gasteiger partial charge in [0.2, 0.25) is 11.8 Å². The van der Waals surface area contributed by atoms with Crippen molar-refractivity contribution < 1.29 is 9.59 Å². The van der Waals surface area contributed by atoms with E-state index in [1.807, 2.05) is 35.2 Å². The van der Waals surface area contributed by atoms with Crippen molar-refractivity contribution >= 4 is 24.2 Å². The van der Waals surface area contributed by atoms with Crippen molar-refractivity contribution in [3.05, 3.63) is 35.9 Å². The Morgan fingerprint density at radius 1 is 1.08 bits per heavy atom. The number of hydrogen-bond donors (Lipinski definition) is 2. The Morgan fingerprint density at radius 2 is 1.80 bits per heavy atom. The standard InChI is InChI=1S/C19H27N3O2.ClH/c23-18(21-13-15-5-2-1-3-6-15)16-8-11-22(12-9-16)19(24)17-7-4-10-20-14-17;/h1-3,5-6,16-17,20H,4,7-14H2,(H,21,23);1H. The minimum atomic E-state index is 0. The molecule has 6 heteroatoms. The van der Waals surface area contributed by atoms with E-state index in [2.05, 4.69) is 10.6 Å². The van der Waals surface area contributed by atoms with E-state index in [1.165, 1.54) is 0 Å². The second-order valence-electron chi connectivity index (χ2n) is 6.85. The summed E-state index contributed by atoms with van der Waals surface area (Å²) in [6.07, 6.45) is 3.61. The van der Waals surface area contributed by atoms with Gasteiger partial charge in [0.1, 0.15) is 0 Å². The molecule has 2 heterocycles. The summed E-state index contributed by atoms with van der Waals surface area (Å²) in [5.74, 6) is 0.542. The molecule has 2 amide bonds. The average Bonchev–Trinajstić information content (AvgIpc) is 2.67. The van der Waals surface area contributed by atoms with Crippen LogP contribution in [0.5, 0.6) is 0 Å². The Kier molecular flexibility index (Phi) is 7.72. The van der Waals surface area contributed by atoms with Crippen LogP contribution in [0.2, 0.25) is 0 Å². The molecule has 0 aromatic heterocycles. The molecule has 138 valence electrons. The van der Waals surface area contributed by atoms with E-state index in [1.54, 1.807) is 0 Å². The van der Waals surface area contributed by atoms with Crippen molar-refractivity contribution in [3.8, 4) is 0 Å². The molecule has 0 bridgehead atoms. The van der Waals surface area contributed by atoms with Crippen LogP contribution in [0, 0.1) is 11.8 Å². The molecule has 3 rings (SSSR count). The molecular weight excluding hydrogens is 338 g/mol. The van der Waals surface area contributed by atoms with Gasteiger partial charge in [0.25, 0.3) is 0 Å². The largest absolute Gasteiger partial charge is 0.352 e. The zero-order valence-corrected chi connectivity index (χ0v) is 15.4. The van der Waals surface area contributed by atoms with Crippen LogP contribution in [0.15, 0.2) is 30.3 Å². The van der Waals surface area contributed by atoms with Crippen LogP contribution in [0.3, 0.4) is 0 Å². The van der Waals surface area contributed by atoms with Gasteiger partial charge in [0.05, 0.1) is 5.92 Å². The maximum absolute atomic E-state index is 12.5. The molecule has 1 aromatic rings. The Hall–Kier alpha value is -1.59. The van der Waals surface area contributed by atoms with Crippen LogP contribution in [0.4, 0.5) is 0 Å². The predicted molar refractivity (Wildman–Crippen MR) is 100 cm³/mol. The van der Waals surface area contributed by atoms with Gasteiger partial charge in [0, 0.05) is 32.1 Å². The molecular formula is C19H28ClN3O2. The van der Waals surface area contributed by atoms with Gasteiger partial charge in [-0.3, -0.25) is 9.59 Å². The highest BCUT2D eigenvalue weighted by Gasteiger charge is 2.31. The molecule has 1 atom stereocenters. The number of benzene rings is 1. The molecule has 0 saturated carbocycles. The number of hydrogen-bond acceptors (Lipinski definition) is 3. The molecule has 2 saturated heterocycles. The van der Waals surface area contributed by atoms with E-state index in [0.29, 0.717) is 19.6 Å². The highest BCUT2D eigenvalue weighted by molar-refractivity contribution is 5.85. The van der Waals surface area contributed by atoms with Gasteiger partial charge >= 0.3 is 0 Å². The van der Waals surface area contributed by atoms with E-state index in [-0.39, 0.29) is 36.1 Å². The van der Waals surface area contributed by atoms with Crippen molar-refractivity contribution in [1.29, 1.82) is 0 Å². The van der Waals surface area contributed by atoms with Crippen molar-refractivity contribution in [2.75, 3.05) is 26.2 Å². The molecule has 2 aliphatic rings. The average molecular weight is 366 g/mol. The molecule has 25 heavy (non-hydrogen) atoms. The van der Waals surface area contributed by atoms with Gasteiger partial charge < -0.3 is 15.5 Å². The van der Waals surface area contributed by atoms with Crippen molar-refractivity contribution in [3.63, 3.8) is 0 Å². The maximum atomic E-state index is 12.5. The van der Waals surface area contributed by atoms with E-state index >= 15 is 0 Å². The summed E-state index contributed by atoms with van der Waals surface area (Å²) in [4.78, 5) is 26.8. The number of carbonyl (C=O) groups excluding carboxylic acids is 2. The van der Waals surface area contributed by atoms with Crippen LogP contribution < -0.4 is 10.6 Å². The van der Waals surface area contributed by atoms with Gasteiger partial charge in [-0.2, -0.15) is 0 Å². The van der Waals surface area contributed by atoms with Crippen LogP contribution in [0.1, 0.15) is 31.2 Å². The first-order valence-corrected chi connectivity index (χ1v) is 9.05. The fourth-order valence-corrected chi connectivity index (χ4v) is 3.61. The number of nitrogens with zero attached hydrogens (tertiary/aromatic N) is 1. The Bertz CT molecular complexity index is 553. The Morgan fingerprint density at radius 3 is 2.44 bits per heavy atom. The van der Waals surface area contributed by atoms with Gasteiger partial charge in [0.15, 0.2) is 0 Å². The van der Waals surface area contributed by atoms with E-state index < -0.39 is 0 Å². The quantitative estimate of drug-likeness (QED) is 0.857. The summed E-state index contributed by atoms with van der Waals surface area (Å²) in [6, 6.07) is 9.96. The molecule has 2 fully saturated rings. The molecule has 5 nitrogen and oxygen atoms in total. The van der Waals surface area contributed by atoms with Crippen LogP contribution in [-0.2, 0) is 16.1 Å². The molecule has 0 aliphatic carbocycles. The fraction of sp³-hybridized carbons (Fsp3) is 0.579. The highest BCUT2D eigenvalue weighted by Crippen LogP contribution is 2.21. The number of carbonyl (C=O) groups is 2. The molecule has 0 radical (unpaired) electrons. The molecule has 1 aromatic carbocycles. The second-order valence-corrected chi connectivity index (χ2v) is 6.85. The first-order valence-electron chi connectivity index (χ1n) is 9.05. The van der Waals surface area contributed by atoms with E-state index in [4.69, 9.17) is 0 Å². The third-order valence-electron chi connectivity index (χ3n) is 5.13. The molecule has 0 spiro atoms. The number of amides is 2. The van der Waals surface area contributed by atoms with Gasteiger partial charge in [-0.15, -0.1) is 12.4 Å².